The molecule has 30 heavy (non-hydrogen) atoms. The van der Waals surface area contributed by atoms with Gasteiger partial charge >= 0.3 is 0 Å². The van der Waals surface area contributed by atoms with Crippen LogP contribution in [0.4, 0.5) is 0 Å². The number of guanidine groups is 1. The normalized spacial score (nSPS) is 23.4. The molecule has 0 aromatic carbocycles. The van der Waals surface area contributed by atoms with E-state index in [4.69, 9.17) is 14.5 Å². The Morgan fingerprint density at radius 3 is 2.90 bits per heavy atom. The molecule has 0 spiro atoms. The van der Waals surface area contributed by atoms with Gasteiger partial charge in [-0.05, 0) is 50.0 Å². The van der Waals surface area contributed by atoms with E-state index in [-0.39, 0.29) is 6.10 Å². The van der Waals surface area contributed by atoms with E-state index in [0.29, 0.717) is 11.5 Å². The first-order valence-electron chi connectivity index (χ1n) is 11.6. The summed E-state index contributed by atoms with van der Waals surface area (Å²) in [5, 5.41) is 9.28. The lowest BCUT2D eigenvalue weighted by atomic mass is 9.83. The average molecular weight is 437 g/mol. The standard InChI is InChI=1S/C23H40N4O2S/c1-4-24-22(26-18-23(11-13-28-3)9-5-6-10-23)25-16-20(21-8-7-15-30-21)27-12-14-29-19(2)17-27/h7-8,15,19-20H,4-6,9-14,16-18H2,1-3H3,(H2,24,25,26). The van der Waals surface area contributed by atoms with Crippen molar-refractivity contribution >= 4 is 17.3 Å². The zero-order valence-corrected chi connectivity index (χ0v) is 19.8. The van der Waals surface area contributed by atoms with Crippen LogP contribution in [0.25, 0.3) is 0 Å². The molecule has 0 radical (unpaired) electrons. The summed E-state index contributed by atoms with van der Waals surface area (Å²) < 4.78 is 11.2. The first-order chi connectivity index (χ1) is 14.7. The molecule has 1 saturated carbocycles. The second-order valence-electron chi connectivity index (χ2n) is 8.73. The summed E-state index contributed by atoms with van der Waals surface area (Å²) in [5.41, 5.74) is 0.311. The third-order valence-corrected chi connectivity index (χ3v) is 7.44. The largest absolute Gasteiger partial charge is 0.385 e. The lowest BCUT2D eigenvalue weighted by molar-refractivity contribution is -0.0334. The predicted octanol–water partition coefficient (Wildman–Crippen LogP) is 3.66. The molecule has 170 valence electrons. The molecule has 2 atom stereocenters. The molecule has 0 bridgehead atoms. The van der Waals surface area contributed by atoms with Crippen molar-refractivity contribution in [1.82, 2.24) is 15.5 Å². The van der Waals surface area contributed by atoms with Crippen LogP contribution in [-0.4, -0.2) is 70.0 Å². The third-order valence-electron chi connectivity index (χ3n) is 6.47. The van der Waals surface area contributed by atoms with Crippen molar-refractivity contribution in [3.05, 3.63) is 22.4 Å². The minimum absolute atomic E-state index is 0.283. The molecular formula is C23H40N4O2S. The highest BCUT2D eigenvalue weighted by atomic mass is 32.1. The van der Waals surface area contributed by atoms with E-state index >= 15 is 0 Å². The molecule has 1 saturated heterocycles. The highest BCUT2D eigenvalue weighted by Gasteiger charge is 2.33. The van der Waals surface area contributed by atoms with E-state index in [0.717, 1.165) is 58.3 Å². The molecule has 3 rings (SSSR count). The molecule has 2 aliphatic rings. The molecule has 2 heterocycles. The van der Waals surface area contributed by atoms with Gasteiger partial charge in [-0.25, -0.2) is 0 Å². The van der Waals surface area contributed by atoms with Gasteiger partial charge in [-0.15, -0.1) is 11.3 Å². The Morgan fingerprint density at radius 2 is 2.23 bits per heavy atom. The maximum atomic E-state index is 5.77. The fraction of sp³-hybridized carbons (Fsp3) is 0.783. The summed E-state index contributed by atoms with van der Waals surface area (Å²) in [6.45, 7) is 10.5. The molecule has 1 aromatic heterocycles. The number of aliphatic imine (C=N–C) groups is 1. The van der Waals surface area contributed by atoms with Gasteiger partial charge in [0, 0.05) is 51.3 Å². The van der Waals surface area contributed by atoms with Crippen molar-refractivity contribution in [1.29, 1.82) is 0 Å². The van der Waals surface area contributed by atoms with E-state index < -0.39 is 0 Å². The van der Waals surface area contributed by atoms with Crippen LogP contribution in [0.15, 0.2) is 22.5 Å². The number of rotatable bonds is 10. The lowest BCUT2D eigenvalue weighted by Crippen LogP contribution is -2.48. The maximum Gasteiger partial charge on any atom is 0.191 e. The number of hydrogen-bond donors (Lipinski definition) is 2. The Labute approximate surface area is 186 Å². The van der Waals surface area contributed by atoms with Crippen LogP contribution >= 0.6 is 11.3 Å². The fourth-order valence-electron chi connectivity index (χ4n) is 4.73. The number of morpholine rings is 1. The van der Waals surface area contributed by atoms with Gasteiger partial charge in [0.1, 0.15) is 0 Å². The van der Waals surface area contributed by atoms with Crippen LogP contribution in [0.5, 0.6) is 0 Å². The summed E-state index contributed by atoms with van der Waals surface area (Å²) in [6, 6.07) is 4.74. The van der Waals surface area contributed by atoms with Crippen LogP contribution < -0.4 is 10.6 Å². The Bertz CT molecular complexity index is 631. The van der Waals surface area contributed by atoms with Gasteiger partial charge in [-0.2, -0.15) is 0 Å². The maximum absolute atomic E-state index is 5.77. The van der Waals surface area contributed by atoms with E-state index in [1.54, 1.807) is 7.11 Å². The molecule has 1 aliphatic heterocycles. The predicted molar refractivity (Wildman–Crippen MR) is 125 cm³/mol. The van der Waals surface area contributed by atoms with Crippen molar-refractivity contribution in [2.75, 3.05) is 53.0 Å². The van der Waals surface area contributed by atoms with E-state index in [1.165, 1.54) is 30.6 Å². The quantitative estimate of drug-likeness (QED) is 0.433. The van der Waals surface area contributed by atoms with Gasteiger partial charge in [-0.1, -0.05) is 18.9 Å². The van der Waals surface area contributed by atoms with E-state index in [9.17, 15) is 0 Å². The Hall–Kier alpha value is -1.15. The van der Waals surface area contributed by atoms with Gasteiger partial charge < -0.3 is 20.1 Å². The van der Waals surface area contributed by atoms with E-state index in [1.807, 2.05) is 11.3 Å². The number of nitrogens with zero attached hydrogens (tertiary/aromatic N) is 2. The minimum atomic E-state index is 0.283. The second kappa shape index (κ2) is 12.0. The zero-order chi connectivity index (χ0) is 21.2. The van der Waals surface area contributed by atoms with Crippen molar-refractivity contribution in [3.8, 4) is 0 Å². The molecule has 1 aliphatic carbocycles. The van der Waals surface area contributed by atoms with Gasteiger partial charge in [0.15, 0.2) is 5.96 Å². The second-order valence-corrected chi connectivity index (χ2v) is 9.71. The first-order valence-corrected chi connectivity index (χ1v) is 12.4. The minimum Gasteiger partial charge on any atom is -0.385 e. The monoisotopic (exact) mass is 436 g/mol. The molecular weight excluding hydrogens is 396 g/mol. The van der Waals surface area contributed by atoms with Crippen LogP contribution in [-0.2, 0) is 9.47 Å². The summed E-state index contributed by atoms with van der Waals surface area (Å²) in [6.07, 6.45) is 6.56. The molecule has 6 nitrogen and oxygen atoms in total. The summed E-state index contributed by atoms with van der Waals surface area (Å²) in [7, 11) is 1.80. The zero-order valence-electron chi connectivity index (χ0n) is 19.0. The molecule has 7 heteroatoms. The molecule has 1 aromatic rings. The number of nitrogens with one attached hydrogen (secondary N) is 2. The lowest BCUT2D eigenvalue weighted by Gasteiger charge is -2.37. The highest BCUT2D eigenvalue weighted by Crippen LogP contribution is 2.41. The first kappa shape index (κ1) is 23.5. The summed E-state index contributed by atoms with van der Waals surface area (Å²) in [5.74, 6) is 0.934. The highest BCUT2D eigenvalue weighted by molar-refractivity contribution is 7.10. The van der Waals surface area contributed by atoms with Gasteiger partial charge in [0.25, 0.3) is 0 Å². The topological polar surface area (TPSA) is 58.1 Å². The van der Waals surface area contributed by atoms with Gasteiger partial charge in [0.05, 0.1) is 18.8 Å². The number of methoxy groups -OCH3 is 1. The van der Waals surface area contributed by atoms with Crippen LogP contribution in [0.2, 0.25) is 0 Å². The molecule has 2 fully saturated rings. The van der Waals surface area contributed by atoms with Crippen LogP contribution in [0.3, 0.4) is 0 Å². The van der Waals surface area contributed by atoms with Crippen molar-refractivity contribution in [2.24, 2.45) is 10.4 Å². The van der Waals surface area contributed by atoms with E-state index in [2.05, 4.69) is 46.9 Å². The van der Waals surface area contributed by atoms with Crippen LogP contribution in [0.1, 0.15) is 56.9 Å². The average Bonchev–Trinajstić information content (AvgIpc) is 3.44. The number of thiophene rings is 1. The SMILES string of the molecule is CCNC(=NCC1(CCOC)CCCC1)NCC(c1cccs1)N1CCOC(C)C1. The Kier molecular flexibility index (Phi) is 9.43. The Morgan fingerprint density at radius 1 is 1.40 bits per heavy atom. The number of ether oxygens (including phenoxy) is 2. The van der Waals surface area contributed by atoms with Crippen LogP contribution in [0, 0.1) is 5.41 Å². The number of hydrogen-bond acceptors (Lipinski definition) is 5. The van der Waals surface area contributed by atoms with Crippen molar-refractivity contribution < 1.29 is 9.47 Å². The summed E-state index contributed by atoms with van der Waals surface area (Å²) >= 11 is 1.84. The Balaban J connectivity index is 1.65. The molecule has 0 amide bonds. The fourth-order valence-corrected chi connectivity index (χ4v) is 5.59. The van der Waals surface area contributed by atoms with Crippen molar-refractivity contribution in [2.45, 2.75) is 58.1 Å². The van der Waals surface area contributed by atoms with Gasteiger partial charge in [-0.3, -0.25) is 9.89 Å². The van der Waals surface area contributed by atoms with Crippen molar-refractivity contribution in [3.63, 3.8) is 0 Å². The third kappa shape index (κ3) is 6.67. The summed E-state index contributed by atoms with van der Waals surface area (Å²) in [4.78, 5) is 8.98. The molecule has 2 unspecified atom stereocenters. The smallest absolute Gasteiger partial charge is 0.191 e. The van der Waals surface area contributed by atoms with Gasteiger partial charge in [0.2, 0.25) is 0 Å². The molecule has 2 N–H and O–H groups in total.